The van der Waals surface area contributed by atoms with E-state index in [1.54, 1.807) is 0 Å². The van der Waals surface area contributed by atoms with Gasteiger partial charge in [0.2, 0.25) is 0 Å². The minimum absolute atomic E-state index is 0.0542. The normalized spacial score (nSPS) is 24.7. The van der Waals surface area contributed by atoms with Gasteiger partial charge in [-0.3, -0.25) is 4.79 Å². The summed E-state index contributed by atoms with van der Waals surface area (Å²) < 4.78 is 64.7. The average molecular weight is 334 g/mol. The van der Waals surface area contributed by atoms with Crippen molar-refractivity contribution in [3.8, 4) is 5.75 Å². The molecule has 1 aromatic rings. The minimum atomic E-state index is -2.74. The summed E-state index contributed by atoms with van der Waals surface area (Å²) >= 11 is -2.17. The SMILES string of the molecule is O=C1c2c(CS(=O)O)ccc(OC3CC(F)(F)C3)c2CC1F. The molecule has 0 heterocycles. The smallest absolute Gasteiger partial charge is 0.255 e. The van der Waals surface area contributed by atoms with E-state index in [2.05, 4.69) is 0 Å². The highest BCUT2D eigenvalue weighted by Gasteiger charge is 2.47. The third-order valence-corrected chi connectivity index (χ3v) is 4.45. The lowest BCUT2D eigenvalue weighted by molar-refractivity contribution is -0.134. The third kappa shape index (κ3) is 2.77. The first-order valence-electron chi connectivity index (χ1n) is 6.72. The number of rotatable bonds is 4. The van der Waals surface area contributed by atoms with Gasteiger partial charge in [-0.1, -0.05) is 6.07 Å². The van der Waals surface area contributed by atoms with Crippen molar-refractivity contribution in [2.75, 3.05) is 0 Å². The summed E-state index contributed by atoms with van der Waals surface area (Å²) in [6, 6.07) is 2.86. The molecule has 0 aliphatic heterocycles. The predicted octanol–water partition coefficient (Wildman–Crippen LogP) is 2.66. The Hall–Kier alpha value is -1.41. The van der Waals surface area contributed by atoms with Crippen molar-refractivity contribution in [3.63, 3.8) is 0 Å². The first kappa shape index (κ1) is 15.5. The second-order valence-electron chi connectivity index (χ2n) is 5.58. The van der Waals surface area contributed by atoms with Gasteiger partial charge < -0.3 is 9.29 Å². The summed E-state index contributed by atoms with van der Waals surface area (Å²) in [5.41, 5.74) is 0.626. The minimum Gasteiger partial charge on any atom is -0.490 e. The zero-order valence-electron chi connectivity index (χ0n) is 11.4. The van der Waals surface area contributed by atoms with Crippen molar-refractivity contribution in [2.45, 2.75) is 43.2 Å². The fourth-order valence-corrected chi connectivity index (χ4v) is 3.35. The lowest BCUT2D eigenvalue weighted by Crippen LogP contribution is -2.43. The Balaban J connectivity index is 1.90. The van der Waals surface area contributed by atoms with E-state index in [4.69, 9.17) is 9.29 Å². The first-order valence-corrected chi connectivity index (χ1v) is 7.99. The second-order valence-corrected chi connectivity index (χ2v) is 6.51. The van der Waals surface area contributed by atoms with Gasteiger partial charge in [0.25, 0.3) is 5.92 Å². The lowest BCUT2D eigenvalue weighted by atomic mass is 9.90. The molecule has 0 aromatic heterocycles. The van der Waals surface area contributed by atoms with Crippen LogP contribution in [-0.4, -0.2) is 32.7 Å². The van der Waals surface area contributed by atoms with Crippen molar-refractivity contribution in [1.29, 1.82) is 0 Å². The molecular weight excluding hydrogens is 321 g/mol. The molecule has 0 spiro atoms. The summed E-state index contributed by atoms with van der Waals surface area (Å²) in [6.45, 7) is 0. The maximum Gasteiger partial charge on any atom is 0.255 e. The zero-order valence-corrected chi connectivity index (χ0v) is 12.2. The van der Waals surface area contributed by atoms with Crippen LogP contribution in [0.15, 0.2) is 12.1 Å². The number of fused-ring (bicyclic) bond motifs is 1. The van der Waals surface area contributed by atoms with E-state index in [1.807, 2.05) is 0 Å². The number of halogens is 3. The van der Waals surface area contributed by atoms with Crippen molar-refractivity contribution < 1.29 is 31.5 Å². The van der Waals surface area contributed by atoms with Crippen LogP contribution in [0.3, 0.4) is 0 Å². The summed E-state index contributed by atoms with van der Waals surface area (Å²) in [7, 11) is 0. The van der Waals surface area contributed by atoms with Crippen molar-refractivity contribution >= 4 is 16.9 Å². The molecular formula is C14H13F3O4S. The van der Waals surface area contributed by atoms with E-state index in [-0.39, 0.29) is 29.1 Å². The van der Waals surface area contributed by atoms with Crippen LogP contribution in [0, 0.1) is 0 Å². The van der Waals surface area contributed by atoms with Gasteiger partial charge in [-0.25, -0.2) is 17.4 Å². The predicted molar refractivity (Wildman–Crippen MR) is 72.4 cm³/mol. The monoisotopic (exact) mass is 334 g/mol. The molecule has 8 heteroatoms. The van der Waals surface area contributed by atoms with Gasteiger partial charge in [0.1, 0.15) is 11.9 Å². The molecule has 120 valence electrons. The quantitative estimate of drug-likeness (QED) is 0.860. The molecule has 1 saturated carbocycles. The Kier molecular flexibility index (Phi) is 3.76. The van der Waals surface area contributed by atoms with Crippen LogP contribution in [0.1, 0.15) is 34.3 Å². The number of ether oxygens (including phenoxy) is 1. The van der Waals surface area contributed by atoms with Gasteiger partial charge in [0.05, 0.1) is 5.75 Å². The number of carbonyl (C=O) groups excluding carboxylic acids is 1. The molecule has 1 aromatic carbocycles. The Bertz CT molecular complexity index is 654. The molecule has 0 saturated heterocycles. The van der Waals surface area contributed by atoms with Crippen LogP contribution in [0.4, 0.5) is 13.2 Å². The number of hydrogen-bond acceptors (Lipinski definition) is 3. The summed E-state index contributed by atoms with van der Waals surface area (Å²) in [6.07, 6.45) is -3.40. The molecule has 2 unspecified atom stereocenters. The Morgan fingerprint density at radius 1 is 1.36 bits per heavy atom. The number of benzene rings is 1. The maximum absolute atomic E-state index is 13.7. The fraction of sp³-hybridized carbons (Fsp3) is 0.500. The van der Waals surface area contributed by atoms with Crippen LogP contribution in [0.25, 0.3) is 0 Å². The van der Waals surface area contributed by atoms with Gasteiger partial charge in [-0.2, -0.15) is 0 Å². The van der Waals surface area contributed by atoms with Crippen molar-refractivity contribution in [1.82, 2.24) is 0 Å². The second kappa shape index (κ2) is 5.34. The number of carbonyl (C=O) groups is 1. The highest BCUT2D eigenvalue weighted by atomic mass is 32.2. The number of alkyl halides is 3. The number of ketones is 1. The largest absolute Gasteiger partial charge is 0.490 e. The molecule has 2 aliphatic rings. The molecule has 0 amide bonds. The van der Waals surface area contributed by atoms with Crippen LogP contribution >= 0.6 is 0 Å². The Morgan fingerprint density at radius 3 is 2.64 bits per heavy atom. The molecule has 0 bridgehead atoms. The topological polar surface area (TPSA) is 63.6 Å². The van der Waals surface area contributed by atoms with Crippen LogP contribution in [0.2, 0.25) is 0 Å². The molecule has 1 N–H and O–H groups in total. The van der Waals surface area contributed by atoms with Gasteiger partial charge in [-0.15, -0.1) is 0 Å². The van der Waals surface area contributed by atoms with Crippen LogP contribution in [0.5, 0.6) is 5.75 Å². The third-order valence-electron chi connectivity index (χ3n) is 3.90. The van der Waals surface area contributed by atoms with Crippen LogP contribution in [-0.2, 0) is 23.3 Å². The van der Waals surface area contributed by atoms with Crippen molar-refractivity contribution in [3.05, 3.63) is 28.8 Å². The van der Waals surface area contributed by atoms with E-state index >= 15 is 0 Å². The van der Waals surface area contributed by atoms with E-state index in [0.29, 0.717) is 5.56 Å². The molecule has 3 rings (SSSR count). The number of hydrogen-bond donors (Lipinski definition) is 1. The molecule has 4 nitrogen and oxygen atoms in total. The summed E-state index contributed by atoms with van der Waals surface area (Å²) in [4.78, 5) is 11.9. The molecule has 2 aliphatic carbocycles. The Morgan fingerprint density at radius 2 is 2.05 bits per heavy atom. The fourth-order valence-electron chi connectivity index (χ4n) is 2.85. The van der Waals surface area contributed by atoms with Crippen LogP contribution < -0.4 is 4.74 Å². The molecule has 22 heavy (non-hydrogen) atoms. The first-order chi connectivity index (χ1) is 10.3. The van der Waals surface area contributed by atoms with E-state index in [1.165, 1.54) is 12.1 Å². The van der Waals surface area contributed by atoms with E-state index in [9.17, 15) is 22.2 Å². The molecule has 0 radical (unpaired) electrons. The summed E-state index contributed by atoms with van der Waals surface area (Å²) in [5, 5.41) is 0. The average Bonchev–Trinajstić information content (AvgIpc) is 2.67. The highest BCUT2D eigenvalue weighted by molar-refractivity contribution is 7.78. The summed E-state index contributed by atoms with van der Waals surface area (Å²) in [5.74, 6) is -3.57. The highest BCUT2D eigenvalue weighted by Crippen LogP contribution is 2.42. The van der Waals surface area contributed by atoms with Gasteiger partial charge >= 0.3 is 0 Å². The van der Waals surface area contributed by atoms with Gasteiger partial charge in [0.15, 0.2) is 23.0 Å². The Labute approximate surface area is 126 Å². The number of Topliss-reactive ketones (excluding diaryl/α,β-unsaturated/α-hetero) is 1. The molecule has 1 fully saturated rings. The standard InChI is InChI=1S/C14H13F3O4S/c15-10-3-9-11(21-8-4-14(16,17)5-8)2-1-7(6-22(19)20)12(9)13(10)18/h1-2,8,10H,3-6H2,(H,19,20). The molecule has 2 atom stereocenters. The van der Waals surface area contributed by atoms with Crippen molar-refractivity contribution in [2.24, 2.45) is 0 Å². The maximum atomic E-state index is 13.7. The van der Waals surface area contributed by atoms with E-state index in [0.717, 1.165) is 0 Å². The van der Waals surface area contributed by atoms with Gasteiger partial charge in [-0.05, 0) is 11.6 Å². The zero-order chi connectivity index (χ0) is 16.1. The van der Waals surface area contributed by atoms with E-state index < -0.39 is 47.9 Å². The van der Waals surface area contributed by atoms with Gasteiger partial charge in [0, 0.05) is 30.4 Å². The lowest BCUT2D eigenvalue weighted by Gasteiger charge is -2.35.